The molecule has 0 saturated carbocycles. The van der Waals surface area contributed by atoms with E-state index in [9.17, 15) is 0 Å². The molecule has 0 spiro atoms. The molecule has 6 aliphatic rings. The summed E-state index contributed by atoms with van der Waals surface area (Å²) >= 11 is 0. The van der Waals surface area contributed by atoms with Gasteiger partial charge in [-0.2, -0.15) is 0 Å². The molecule has 1 N–H and O–H groups in total. The van der Waals surface area contributed by atoms with E-state index in [0.717, 1.165) is 0 Å². The molecule has 0 amide bonds. The predicted octanol–water partition coefficient (Wildman–Crippen LogP) is 1.37. The maximum absolute atomic E-state index is 6.46. The summed E-state index contributed by atoms with van der Waals surface area (Å²) in [5.41, 5.74) is 0. The Bertz CT molecular complexity index is 767. The van der Waals surface area contributed by atoms with Crippen LogP contribution in [0.15, 0.2) is 0 Å². The fraction of sp³-hybridized carbons (Fsp3) is 1.00. The number of fused-ring (bicyclic) bond motifs is 2. The van der Waals surface area contributed by atoms with Gasteiger partial charge in [-0.1, -0.05) is 0 Å². The van der Waals surface area contributed by atoms with Crippen LogP contribution in [-0.2, 0) is 47.4 Å². The van der Waals surface area contributed by atoms with Crippen molar-refractivity contribution in [3.05, 3.63) is 0 Å². The van der Waals surface area contributed by atoms with Crippen molar-refractivity contribution >= 4 is 0 Å². The number of hydrogen-bond acceptors (Lipinski definition) is 11. The molecule has 6 rings (SSSR count). The highest BCUT2D eigenvalue weighted by Crippen LogP contribution is 2.45. The van der Waals surface area contributed by atoms with E-state index >= 15 is 0 Å². The normalized spacial score (nSPS) is 51.1. The summed E-state index contributed by atoms with van der Waals surface area (Å²) in [6.45, 7) is 16.0. The van der Waals surface area contributed by atoms with Gasteiger partial charge in [-0.15, -0.1) is 0 Å². The Hall–Kier alpha value is -0.440. The Morgan fingerprint density at radius 3 is 1.17 bits per heavy atom. The first-order valence-corrected chi connectivity index (χ1v) is 12.6. The fourth-order valence-corrected chi connectivity index (χ4v) is 6.04. The highest BCUT2D eigenvalue weighted by Gasteiger charge is 2.63. The molecule has 6 heterocycles. The second-order valence-electron chi connectivity index (χ2n) is 12.1. The lowest BCUT2D eigenvalue weighted by molar-refractivity contribution is -0.226. The predicted molar refractivity (Wildman–Crippen MR) is 118 cm³/mol. The molecule has 0 aromatic heterocycles. The van der Waals surface area contributed by atoms with Crippen molar-refractivity contribution in [2.75, 3.05) is 13.2 Å². The smallest absolute Gasteiger partial charge is 0.164 e. The van der Waals surface area contributed by atoms with E-state index in [2.05, 4.69) is 5.32 Å². The van der Waals surface area contributed by atoms with Gasteiger partial charge in [0.05, 0.1) is 13.2 Å². The Balaban J connectivity index is 1.20. The molecule has 6 saturated heterocycles. The molecule has 0 aliphatic carbocycles. The molecule has 200 valence electrons. The third-order valence-electron chi connectivity index (χ3n) is 7.30. The first-order chi connectivity index (χ1) is 16.2. The summed E-state index contributed by atoms with van der Waals surface area (Å²) < 4.78 is 61.8. The van der Waals surface area contributed by atoms with Crippen molar-refractivity contribution in [1.82, 2.24) is 5.32 Å². The van der Waals surface area contributed by atoms with Gasteiger partial charge in [-0.05, 0) is 55.4 Å². The van der Waals surface area contributed by atoms with E-state index in [-0.39, 0.29) is 48.8 Å². The molecule has 0 unspecified atom stereocenters. The largest absolute Gasteiger partial charge is 0.352 e. The minimum Gasteiger partial charge on any atom is -0.352 e. The highest BCUT2D eigenvalue weighted by atomic mass is 16.8. The number of nitrogens with one attached hydrogen (secondary N) is 1. The van der Waals surface area contributed by atoms with Crippen LogP contribution in [0.25, 0.3) is 0 Å². The molecule has 11 nitrogen and oxygen atoms in total. The number of ether oxygens (including phenoxy) is 10. The average Bonchev–Trinajstić information content (AvgIpc) is 3.51. The van der Waals surface area contributed by atoms with Crippen LogP contribution >= 0.6 is 0 Å². The quantitative estimate of drug-likeness (QED) is 0.604. The molecule has 6 aliphatic heterocycles. The van der Waals surface area contributed by atoms with E-state index in [1.54, 1.807) is 0 Å². The van der Waals surface area contributed by atoms with E-state index in [4.69, 9.17) is 47.4 Å². The summed E-state index contributed by atoms with van der Waals surface area (Å²) in [4.78, 5) is 0. The molecule has 0 radical (unpaired) electrons. The summed E-state index contributed by atoms with van der Waals surface area (Å²) in [7, 11) is 0. The Kier molecular flexibility index (Phi) is 5.71. The van der Waals surface area contributed by atoms with Crippen molar-refractivity contribution in [1.29, 1.82) is 0 Å². The van der Waals surface area contributed by atoms with Crippen molar-refractivity contribution in [3.63, 3.8) is 0 Å². The second-order valence-corrected chi connectivity index (χ2v) is 12.1. The van der Waals surface area contributed by atoms with Crippen LogP contribution in [0.2, 0.25) is 0 Å². The van der Waals surface area contributed by atoms with Gasteiger partial charge in [0, 0.05) is 0 Å². The summed E-state index contributed by atoms with van der Waals surface area (Å²) in [5, 5.41) is 3.50. The van der Waals surface area contributed by atoms with Gasteiger partial charge in [-0.25, -0.2) is 0 Å². The topological polar surface area (TPSA) is 104 Å². The first kappa shape index (κ1) is 24.9. The molecule has 0 bridgehead atoms. The zero-order chi connectivity index (χ0) is 25.0. The lowest BCUT2D eigenvalue weighted by Gasteiger charge is -2.30. The fourth-order valence-electron chi connectivity index (χ4n) is 6.04. The molecule has 35 heavy (non-hydrogen) atoms. The lowest BCUT2D eigenvalue weighted by Crippen LogP contribution is -2.50. The Morgan fingerprint density at radius 2 is 0.829 bits per heavy atom. The van der Waals surface area contributed by atoms with Crippen LogP contribution in [0.4, 0.5) is 0 Å². The Labute approximate surface area is 206 Å². The van der Waals surface area contributed by atoms with E-state index in [1.807, 2.05) is 55.4 Å². The van der Waals surface area contributed by atoms with Gasteiger partial charge in [0.15, 0.2) is 23.1 Å². The molecule has 0 aromatic rings. The summed E-state index contributed by atoms with van der Waals surface area (Å²) in [6.07, 6.45) is -3.64. The maximum Gasteiger partial charge on any atom is 0.164 e. The average molecular weight is 502 g/mol. The van der Waals surface area contributed by atoms with Crippen molar-refractivity contribution in [2.24, 2.45) is 0 Å². The minimum atomic E-state index is -0.747. The monoisotopic (exact) mass is 501 g/mol. The SMILES string of the molecule is CC1(C)O[C@@H]2[C@H](O1)[C@H](N[C@@H]1O[C@H]([C@H]3COC(C)(C)O3)[C@@H]3OC(C)(C)O[C@@H]31)O[C@@H]2[C@H]1COC(C)(C)O1. The molecular weight excluding hydrogens is 462 g/mol. The van der Waals surface area contributed by atoms with Crippen LogP contribution in [0, 0.1) is 0 Å². The highest BCUT2D eigenvalue weighted by molar-refractivity contribution is 5.05. The van der Waals surface area contributed by atoms with Crippen LogP contribution in [0.3, 0.4) is 0 Å². The second kappa shape index (κ2) is 8.03. The maximum atomic E-state index is 6.46. The third kappa shape index (κ3) is 4.57. The van der Waals surface area contributed by atoms with E-state index < -0.39 is 35.6 Å². The van der Waals surface area contributed by atoms with E-state index in [0.29, 0.717) is 13.2 Å². The molecule has 0 aromatic carbocycles. The Morgan fingerprint density at radius 1 is 0.457 bits per heavy atom. The standard InChI is InChI=1S/C24H39NO10/c1-21(2)26-9-11(30-21)13-15-17(34-23(5,6)32-15)19(28-13)25-20-18-16(33-24(7,8)35-18)14(29-20)12-10-27-22(3,4)31-12/h11-20,25H,9-10H2,1-8H3/t11-,12-,13-,14-,15+,16+,17+,18+,19-,20-/m1/s1. The van der Waals surface area contributed by atoms with Crippen LogP contribution in [-0.4, -0.2) is 97.6 Å². The van der Waals surface area contributed by atoms with Crippen molar-refractivity contribution in [2.45, 2.75) is 140 Å². The number of rotatable bonds is 4. The number of hydrogen-bond donors (Lipinski definition) is 1. The zero-order valence-electron chi connectivity index (χ0n) is 21.8. The zero-order valence-corrected chi connectivity index (χ0v) is 21.8. The summed E-state index contributed by atoms with van der Waals surface area (Å²) in [5.74, 6) is -2.83. The summed E-state index contributed by atoms with van der Waals surface area (Å²) in [6, 6.07) is 0. The van der Waals surface area contributed by atoms with Gasteiger partial charge in [0.2, 0.25) is 0 Å². The van der Waals surface area contributed by atoms with Gasteiger partial charge in [0.1, 0.15) is 61.3 Å². The van der Waals surface area contributed by atoms with Crippen LogP contribution < -0.4 is 5.32 Å². The van der Waals surface area contributed by atoms with Crippen molar-refractivity contribution in [3.8, 4) is 0 Å². The minimum absolute atomic E-state index is 0.275. The van der Waals surface area contributed by atoms with Gasteiger partial charge >= 0.3 is 0 Å². The van der Waals surface area contributed by atoms with Crippen LogP contribution in [0.1, 0.15) is 55.4 Å². The van der Waals surface area contributed by atoms with E-state index in [1.165, 1.54) is 0 Å². The molecule has 10 atom stereocenters. The van der Waals surface area contributed by atoms with Crippen LogP contribution in [0.5, 0.6) is 0 Å². The molecular formula is C24H39NO10. The first-order valence-electron chi connectivity index (χ1n) is 12.6. The molecule has 11 heteroatoms. The van der Waals surface area contributed by atoms with Gasteiger partial charge in [-0.3, -0.25) is 5.32 Å². The van der Waals surface area contributed by atoms with Gasteiger partial charge < -0.3 is 47.4 Å². The van der Waals surface area contributed by atoms with Crippen molar-refractivity contribution < 1.29 is 47.4 Å². The lowest BCUT2D eigenvalue weighted by atomic mass is 10.1. The third-order valence-corrected chi connectivity index (χ3v) is 7.30. The van der Waals surface area contributed by atoms with Gasteiger partial charge in [0.25, 0.3) is 0 Å². The molecule has 6 fully saturated rings.